The molecule has 1 unspecified atom stereocenters. The Morgan fingerprint density at radius 3 is 2.40 bits per heavy atom. The second kappa shape index (κ2) is 3.98. The van der Waals surface area contributed by atoms with Crippen LogP contribution in [0.15, 0.2) is 0 Å². The molecule has 56 valence electrons. The second-order valence-corrected chi connectivity index (χ2v) is 3.92. The van der Waals surface area contributed by atoms with Crippen LogP contribution in [0.5, 0.6) is 0 Å². The lowest BCUT2D eigenvalue weighted by Gasteiger charge is -2.21. The van der Waals surface area contributed by atoms with Gasteiger partial charge in [-0.2, -0.15) is 5.26 Å². The van der Waals surface area contributed by atoms with Crippen molar-refractivity contribution < 1.29 is 0 Å². The Morgan fingerprint density at radius 2 is 1.90 bits per heavy atom. The second-order valence-electron chi connectivity index (χ2n) is 2.93. The first-order chi connectivity index (χ1) is 4.84. The maximum Gasteiger partial charge on any atom is 0.104 e. The highest BCUT2D eigenvalue weighted by Crippen LogP contribution is 2.29. The van der Waals surface area contributed by atoms with Gasteiger partial charge in [0.1, 0.15) is 4.83 Å². The summed E-state index contributed by atoms with van der Waals surface area (Å²) in [5.41, 5.74) is 0. The molecule has 1 nitrogen and oxygen atoms in total. The fraction of sp³-hybridized carbons (Fsp3) is 0.875. The molecule has 0 aromatic heterocycles. The molecule has 0 saturated heterocycles. The van der Waals surface area contributed by atoms with Crippen LogP contribution in [0, 0.1) is 17.2 Å². The average molecular weight is 202 g/mol. The molecule has 0 spiro atoms. The van der Waals surface area contributed by atoms with Crippen molar-refractivity contribution in [1.82, 2.24) is 0 Å². The molecule has 1 atom stereocenters. The molecule has 10 heavy (non-hydrogen) atoms. The Balaban J connectivity index is 2.33. The van der Waals surface area contributed by atoms with E-state index in [2.05, 4.69) is 22.0 Å². The van der Waals surface area contributed by atoms with E-state index in [1.165, 1.54) is 32.1 Å². The molecule has 1 saturated carbocycles. The van der Waals surface area contributed by atoms with Crippen molar-refractivity contribution in [1.29, 1.82) is 5.26 Å². The first kappa shape index (κ1) is 8.07. The van der Waals surface area contributed by atoms with E-state index in [9.17, 15) is 0 Å². The summed E-state index contributed by atoms with van der Waals surface area (Å²) in [6, 6.07) is 2.25. The largest absolute Gasteiger partial charge is 0.197 e. The topological polar surface area (TPSA) is 23.8 Å². The average Bonchev–Trinajstić information content (AvgIpc) is 2.05. The van der Waals surface area contributed by atoms with Gasteiger partial charge in [0.2, 0.25) is 0 Å². The van der Waals surface area contributed by atoms with E-state index >= 15 is 0 Å². The number of rotatable bonds is 1. The monoisotopic (exact) mass is 201 g/mol. The van der Waals surface area contributed by atoms with E-state index in [0.29, 0.717) is 5.92 Å². The number of nitriles is 1. The highest BCUT2D eigenvalue weighted by molar-refractivity contribution is 9.09. The molecule has 1 rings (SSSR count). The van der Waals surface area contributed by atoms with Gasteiger partial charge in [-0.05, 0) is 18.8 Å². The van der Waals surface area contributed by atoms with E-state index in [1.54, 1.807) is 0 Å². The molecule has 2 heteroatoms. The fourth-order valence-electron chi connectivity index (χ4n) is 1.53. The van der Waals surface area contributed by atoms with Crippen LogP contribution in [0.25, 0.3) is 0 Å². The summed E-state index contributed by atoms with van der Waals surface area (Å²) in [5, 5.41) is 8.59. The normalized spacial score (nSPS) is 23.6. The third kappa shape index (κ3) is 1.98. The van der Waals surface area contributed by atoms with Gasteiger partial charge < -0.3 is 0 Å². The summed E-state index contributed by atoms with van der Waals surface area (Å²) in [4.78, 5) is 0.104. The van der Waals surface area contributed by atoms with Gasteiger partial charge in [0, 0.05) is 0 Å². The van der Waals surface area contributed by atoms with Crippen LogP contribution in [0.3, 0.4) is 0 Å². The standard InChI is InChI=1S/C8H12BrN/c9-8(6-10)7-4-2-1-3-5-7/h7-8H,1-5H2. The van der Waals surface area contributed by atoms with Crippen LogP contribution in [0.4, 0.5) is 0 Å². The third-order valence-corrected chi connectivity index (χ3v) is 3.14. The summed E-state index contributed by atoms with van der Waals surface area (Å²) in [5.74, 6) is 0.624. The predicted molar refractivity (Wildman–Crippen MR) is 44.9 cm³/mol. The molecule has 0 aliphatic heterocycles. The Kier molecular flexibility index (Phi) is 3.21. The molecular formula is C8H12BrN. The quantitative estimate of drug-likeness (QED) is 0.599. The lowest BCUT2D eigenvalue weighted by molar-refractivity contribution is 0.372. The predicted octanol–water partition coefficient (Wildman–Crippen LogP) is 2.85. The first-order valence-electron chi connectivity index (χ1n) is 3.88. The van der Waals surface area contributed by atoms with E-state index < -0.39 is 0 Å². The van der Waals surface area contributed by atoms with Crippen LogP contribution < -0.4 is 0 Å². The number of halogens is 1. The lowest BCUT2D eigenvalue weighted by atomic mass is 9.87. The van der Waals surface area contributed by atoms with Crippen molar-refractivity contribution >= 4 is 15.9 Å². The zero-order valence-corrected chi connectivity index (χ0v) is 7.60. The minimum atomic E-state index is 0.104. The lowest BCUT2D eigenvalue weighted by Crippen LogP contribution is -2.15. The van der Waals surface area contributed by atoms with Crippen LogP contribution in [0.1, 0.15) is 32.1 Å². The maximum absolute atomic E-state index is 8.59. The Morgan fingerprint density at radius 1 is 1.30 bits per heavy atom. The minimum absolute atomic E-state index is 0.104. The molecule has 1 aliphatic carbocycles. The highest BCUT2D eigenvalue weighted by atomic mass is 79.9. The molecule has 0 aromatic rings. The van der Waals surface area contributed by atoms with Crippen LogP contribution in [-0.2, 0) is 0 Å². The van der Waals surface area contributed by atoms with Gasteiger partial charge in [0.25, 0.3) is 0 Å². The number of nitrogens with zero attached hydrogens (tertiary/aromatic N) is 1. The van der Waals surface area contributed by atoms with Crippen LogP contribution >= 0.6 is 15.9 Å². The van der Waals surface area contributed by atoms with Crippen molar-refractivity contribution in [2.45, 2.75) is 36.9 Å². The van der Waals surface area contributed by atoms with Gasteiger partial charge in [-0.15, -0.1) is 0 Å². The van der Waals surface area contributed by atoms with Crippen molar-refractivity contribution in [2.24, 2.45) is 5.92 Å². The van der Waals surface area contributed by atoms with E-state index in [-0.39, 0.29) is 4.83 Å². The van der Waals surface area contributed by atoms with Crippen molar-refractivity contribution in [3.8, 4) is 6.07 Å². The van der Waals surface area contributed by atoms with Gasteiger partial charge in [-0.25, -0.2) is 0 Å². The SMILES string of the molecule is N#CC(Br)C1CCCCC1. The maximum atomic E-state index is 8.59. The summed E-state index contributed by atoms with van der Waals surface area (Å²) in [7, 11) is 0. The summed E-state index contributed by atoms with van der Waals surface area (Å²) in [6.07, 6.45) is 6.47. The molecule has 0 aromatic carbocycles. The summed E-state index contributed by atoms with van der Waals surface area (Å²) >= 11 is 3.38. The highest BCUT2D eigenvalue weighted by Gasteiger charge is 2.20. The first-order valence-corrected chi connectivity index (χ1v) is 4.80. The van der Waals surface area contributed by atoms with E-state index in [4.69, 9.17) is 5.26 Å². The van der Waals surface area contributed by atoms with E-state index in [0.717, 1.165) is 0 Å². The minimum Gasteiger partial charge on any atom is -0.197 e. The zero-order chi connectivity index (χ0) is 7.40. The smallest absolute Gasteiger partial charge is 0.104 e. The molecule has 0 N–H and O–H groups in total. The van der Waals surface area contributed by atoms with Crippen molar-refractivity contribution in [3.63, 3.8) is 0 Å². The number of alkyl halides is 1. The molecule has 0 bridgehead atoms. The molecule has 0 amide bonds. The van der Waals surface area contributed by atoms with Gasteiger partial charge in [0.05, 0.1) is 6.07 Å². The molecule has 0 heterocycles. The Hall–Kier alpha value is -0.0300. The molecule has 0 radical (unpaired) electrons. The third-order valence-electron chi connectivity index (χ3n) is 2.19. The van der Waals surface area contributed by atoms with E-state index in [1.807, 2.05) is 0 Å². The summed E-state index contributed by atoms with van der Waals surface area (Å²) in [6.45, 7) is 0. The van der Waals surface area contributed by atoms with Gasteiger partial charge in [0.15, 0.2) is 0 Å². The Labute approximate surface area is 70.5 Å². The van der Waals surface area contributed by atoms with Crippen molar-refractivity contribution in [2.75, 3.05) is 0 Å². The Bertz CT molecular complexity index is 133. The van der Waals surface area contributed by atoms with Crippen LogP contribution in [-0.4, -0.2) is 4.83 Å². The van der Waals surface area contributed by atoms with Crippen LogP contribution in [0.2, 0.25) is 0 Å². The van der Waals surface area contributed by atoms with Gasteiger partial charge in [-0.3, -0.25) is 0 Å². The molecular weight excluding hydrogens is 190 g/mol. The van der Waals surface area contributed by atoms with Gasteiger partial charge >= 0.3 is 0 Å². The fourth-order valence-corrected chi connectivity index (χ4v) is 2.06. The van der Waals surface area contributed by atoms with Crippen molar-refractivity contribution in [3.05, 3.63) is 0 Å². The zero-order valence-electron chi connectivity index (χ0n) is 6.02. The molecule has 1 fully saturated rings. The number of hydrogen-bond donors (Lipinski definition) is 0. The van der Waals surface area contributed by atoms with Gasteiger partial charge in [-0.1, -0.05) is 35.2 Å². The number of hydrogen-bond acceptors (Lipinski definition) is 1. The molecule has 1 aliphatic rings. The summed E-state index contributed by atoms with van der Waals surface area (Å²) < 4.78 is 0.